The van der Waals surface area contributed by atoms with E-state index in [1.165, 1.54) is 7.11 Å². The van der Waals surface area contributed by atoms with Gasteiger partial charge in [-0.25, -0.2) is 4.79 Å². The van der Waals surface area contributed by atoms with Crippen LogP contribution in [0, 0.1) is 10.1 Å². The van der Waals surface area contributed by atoms with Crippen LogP contribution in [-0.4, -0.2) is 23.7 Å². The maximum absolute atomic E-state index is 12.4. The van der Waals surface area contributed by atoms with Gasteiger partial charge < -0.3 is 14.3 Å². The van der Waals surface area contributed by atoms with Crippen LogP contribution in [0.3, 0.4) is 0 Å². The largest absolute Gasteiger partial charge is 0.507 e. The molecule has 7 nitrogen and oxygen atoms in total. The van der Waals surface area contributed by atoms with Crippen molar-refractivity contribution in [1.82, 2.24) is 0 Å². The fraction of sp³-hybridized carbons (Fsp3) is 0.167. The fourth-order valence-electron chi connectivity index (χ4n) is 2.83. The molecule has 1 unspecified atom stereocenters. The quantitative estimate of drug-likeness (QED) is 0.435. The smallest absolute Gasteiger partial charge is 0.344 e. The van der Waals surface area contributed by atoms with E-state index in [2.05, 4.69) is 0 Å². The lowest BCUT2D eigenvalue weighted by atomic mass is 9.91. The molecule has 25 heavy (non-hydrogen) atoms. The Morgan fingerprint density at radius 3 is 2.72 bits per heavy atom. The second-order valence-corrected chi connectivity index (χ2v) is 5.49. The van der Waals surface area contributed by atoms with Crippen molar-refractivity contribution in [3.05, 3.63) is 80.2 Å². The number of methoxy groups -OCH3 is 1. The van der Waals surface area contributed by atoms with Gasteiger partial charge in [-0.2, -0.15) is 0 Å². The summed E-state index contributed by atoms with van der Waals surface area (Å²) in [6.07, 6.45) is 0. The number of nitro groups is 1. The van der Waals surface area contributed by atoms with Crippen molar-refractivity contribution >= 4 is 11.0 Å². The van der Waals surface area contributed by atoms with Crippen molar-refractivity contribution in [1.29, 1.82) is 0 Å². The van der Waals surface area contributed by atoms with E-state index in [0.29, 0.717) is 16.7 Å². The van der Waals surface area contributed by atoms with Gasteiger partial charge in [-0.15, -0.1) is 0 Å². The standard InChI is InChI=1S/C18H15NO6/c1-24-12-6-4-5-11(9-12)14(10-19(22)23)16-17(20)13-7-2-3-8-15(13)25-18(16)21/h2-9,14,20H,10H2,1H3. The molecule has 1 atom stereocenters. The van der Waals surface area contributed by atoms with E-state index < -0.39 is 23.0 Å². The highest BCUT2D eigenvalue weighted by molar-refractivity contribution is 5.84. The van der Waals surface area contributed by atoms with Gasteiger partial charge in [-0.3, -0.25) is 10.1 Å². The number of nitrogens with zero attached hydrogens (tertiary/aromatic N) is 1. The first-order valence-electron chi connectivity index (χ1n) is 7.51. The molecule has 0 saturated heterocycles. The molecule has 2 aromatic carbocycles. The van der Waals surface area contributed by atoms with Crippen LogP contribution >= 0.6 is 0 Å². The van der Waals surface area contributed by atoms with Gasteiger partial charge in [0, 0.05) is 4.92 Å². The summed E-state index contributed by atoms with van der Waals surface area (Å²) in [6.45, 7) is -0.566. The van der Waals surface area contributed by atoms with E-state index in [1.807, 2.05) is 0 Å². The van der Waals surface area contributed by atoms with E-state index in [0.717, 1.165) is 0 Å². The van der Waals surface area contributed by atoms with Gasteiger partial charge in [0.05, 0.1) is 24.0 Å². The van der Waals surface area contributed by atoms with Gasteiger partial charge in [-0.05, 0) is 29.8 Å². The van der Waals surface area contributed by atoms with Crippen LogP contribution in [0.25, 0.3) is 11.0 Å². The molecule has 1 heterocycles. The van der Waals surface area contributed by atoms with E-state index >= 15 is 0 Å². The maximum Gasteiger partial charge on any atom is 0.344 e. The Bertz CT molecular complexity index is 994. The summed E-state index contributed by atoms with van der Waals surface area (Å²) in [5, 5.41) is 22.1. The summed E-state index contributed by atoms with van der Waals surface area (Å²) in [5.74, 6) is -0.775. The number of para-hydroxylation sites is 1. The first-order chi connectivity index (χ1) is 12.0. The molecule has 0 saturated carbocycles. The molecule has 0 amide bonds. The van der Waals surface area contributed by atoms with Crippen molar-refractivity contribution in [3.8, 4) is 11.5 Å². The monoisotopic (exact) mass is 341 g/mol. The lowest BCUT2D eigenvalue weighted by molar-refractivity contribution is -0.481. The molecule has 0 aliphatic carbocycles. The molecule has 3 rings (SSSR count). The van der Waals surface area contributed by atoms with Crippen LogP contribution in [0.2, 0.25) is 0 Å². The van der Waals surface area contributed by atoms with Gasteiger partial charge in [0.2, 0.25) is 6.54 Å². The maximum atomic E-state index is 12.4. The Balaban J connectivity index is 2.25. The number of hydrogen-bond acceptors (Lipinski definition) is 6. The summed E-state index contributed by atoms with van der Waals surface area (Å²) < 4.78 is 10.4. The highest BCUT2D eigenvalue weighted by Crippen LogP contribution is 2.35. The predicted molar refractivity (Wildman–Crippen MR) is 90.8 cm³/mol. The molecule has 0 aliphatic rings. The van der Waals surface area contributed by atoms with Gasteiger partial charge in [-0.1, -0.05) is 24.3 Å². The molecule has 128 valence electrons. The van der Waals surface area contributed by atoms with Crippen molar-refractivity contribution in [2.75, 3.05) is 13.7 Å². The van der Waals surface area contributed by atoms with E-state index in [4.69, 9.17) is 9.15 Å². The number of ether oxygens (including phenoxy) is 1. The molecule has 1 aromatic heterocycles. The summed E-state index contributed by atoms with van der Waals surface area (Å²) in [5.41, 5.74) is -0.234. The SMILES string of the molecule is COc1cccc(C(C[N+](=O)[O-])c2c(O)c3ccccc3oc2=O)c1. The minimum atomic E-state index is -0.967. The van der Waals surface area contributed by atoms with Crippen LogP contribution < -0.4 is 10.4 Å². The predicted octanol–water partition coefficient (Wildman–Crippen LogP) is 2.92. The molecule has 0 fully saturated rings. The summed E-state index contributed by atoms with van der Waals surface area (Å²) in [4.78, 5) is 23.1. The van der Waals surface area contributed by atoms with Crippen molar-refractivity contribution in [2.24, 2.45) is 0 Å². The van der Waals surface area contributed by atoms with Gasteiger partial charge in [0.1, 0.15) is 17.1 Å². The molecule has 3 aromatic rings. The molecular formula is C18H15NO6. The number of aromatic hydroxyl groups is 1. The highest BCUT2D eigenvalue weighted by Gasteiger charge is 2.29. The van der Waals surface area contributed by atoms with Crippen molar-refractivity contribution in [2.45, 2.75) is 5.92 Å². The zero-order valence-electron chi connectivity index (χ0n) is 13.3. The van der Waals surface area contributed by atoms with Crippen LogP contribution in [0.1, 0.15) is 17.0 Å². The lowest BCUT2D eigenvalue weighted by Gasteiger charge is -2.15. The third-order valence-corrected chi connectivity index (χ3v) is 4.00. The van der Waals surface area contributed by atoms with Crippen LogP contribution in [0.5, 0.6) is 11.5 Å². The topological polar surface area (TPSA) is 103 Å². The number of fused-ring (bicyclic) bond motifs is 1. The minimum Gasteiger partial charge on any atom is -0.507 e. The number of rotatable bonds is 5. The minimum absolute atomic E-state index is 0.136. The Labute approximate surface area is 142 Å². The summed E-state index contributed by atoms with van der Waals surface area (Å²) >= 11 is 0. The Kier molecular flexibility index (Phi) is 4.38. The average molecular weight is 341 g/mol. The summed E-state index contributed by atoms with van der Waals surface area (Å²) in [7, 11) is 1.48. The first kappa shape index (κ1) is 16.5. The van der Waals surface area contributed by atoms with Crippen LogP contribution in [-0.2, 0) is 0 Å². The van der Waals surface area contributed by atoms with Crippen LogP contribution in [0.4, 0.5) is 0 Å². The van der Waals surface area contributed by atoms with E-state index in [-0.39, 0.29) is 16.9 Å². The Morgan fingerprint density at radius 2 is 2.00 bits per heavy atom. The van der Waals surface area contributed by atoms with Gasteiger partial charge >= 0.3 is 5.63 Å². The first-order valence-corrected chi connectivity index (χ1v) is 7.51. The lowest BCUT2D eigenvalue weighted by Crippen LogP contribution is -2.21. The second-order valence-electron chi connectivity index (χ2n) is 5.49. The second kappa shape index (κ2) is 6.64. The van der Waals surface area contributed by atoms with Crippen molar-refractivity contribution in [3.63, 3.8) is 0 Å². The zero-order chi connectivity index (χ0) is 18.0. The summed E-state index contributed by atoms with van der Waals surface area (Å²) in [6, 6.07) is 13.1. The molecular weight excluding hydrogens is 326 g/mol. The molecule has 1 N–H and O–H groups in total. The number of hydrogen-bond donors (Lipinski definition) is 1. The molecule has 0 aliphatic heterocycles. The van der Waals surface area contributed by atoms with E-state index in [9.17, 15) is 20.0 Å². The van der Waals surface area contributed by atoms with Gasteiger partial charge in [0.25, 0.3) is 0 Å². The van der Waals surface area contributed by atoms with Crippen LogP contribution in [0.15, 0.2) is 57.7 Å². The normalized spacial score (nSPS) is 12.0. The average Bonchev–Trinajstić information content (AvgIpc) is 2.60. The third kappa shape index (κ3) is 3.16. The third-order valence-electron chi connectivity index (χ3n) is 4.00. The molecule has 0 bridgehead atoms. The highest BCUT2D eigenvalue weighted by atomic mass is 16.6. The Morgan fingerprint density at radius 1 is 1.24 bits per heavy atom. The zero-order valence-corrected chi connectivity index (χ0v) is 13.3. The van der Waals surface area contributed by atoms with Gasteiger partial charge in [0.15, 0.2) is 0 Å². The van der Waals surface area contributed by atoms with Crippen molar-refractivity contribution < 1.29 is 19.2 Å². The number of benzene rings is 2. The van der Waals surface area contributed by atoms with E-state index in [1.54, 1.807) is 48.5 Å². The molecule has 0 spiro atoms. The fourth-order valence-corrected chi connectivity index (χ4v) is 2.83. The molecule has 7 heteroatoms. The molecule has 0 radical (unpaired) electrons. The Hall–Kier alpha value is -3.35.